The molecule has 6 nitrogen and oxygen atoms in total. The second-order valence-electron chi connectivity index (χ2n) is 6.73. The molecule has 1 atom stereocenters. The van der Waals surface area contributed by atoms with E-state index in [1.807, 2.05) is 48.5 Å². The van der Waals surface area contributed by atoms with Gasteiger partial charge < -0.3 is 19.2 Å². The van der Waals surface area contributed by atoms with Crippen LogP contribution in [0.5, 0.6) is 5.75 Å². The summed E-state index contributed by atoms with van der Waals surface area (Å²) in [5.74, 6) is 1.46. The fraction of sp³-hybridized carbons (Fsp3) is 0.273. The Morgan fingerprint density at radius 1 is 1.21 bits per heavy atom. The molecule has 7 heteroatoms. The normalized spacial score (nSPS) is 15.8. The van der Waals surface area contributed by atoms with Gasteiger partial charge in [0.15, 0.2) is 0 Å². The van der Waals surface area contributed by atoms with E-state index in [2.05, 4.69) is 16.4 Å². The molecule has 4 rings (SSSR count). The number of hydrogen-bond acceptors (Lipinski definition) is 6. The van der Waals surface area contributed by atoms with Crippen molar-refractivity contribution in [1.82, 2.24) is 4.98 Å². The minimum Gasteiger partial charge on any atom is -0.489 e. The molecule has 0 saturated carbocycles. The van der Waals surface area contributed by atoms with Crippen LogP contribution in [0.15, 0.2) is 52.9 Å². The van der Waals surface area contributed by atoms with Gasteiger partial charge in [0.1, 0.15) is 18.4 Å². The fourth-order valence-corrected chi connectivity index (χ4v) is 3.31. The molecule has 0 amide bonds. The van der Waals surface area contributed by atoms with E-state index in [-0.39, 0.29) is 11.8 Å². The number of nitrogens with one attached hydrogen (secondary N) is 1. The van der Waals surface area contributed by atoms with E-state index in [0.717, 1.165) is 30.6 Å². The lowest BCUT2D eigenvalue weighted by atomic mass is 10.2. The molecule has 148 valence electrons. The summed E-state index contributed by atoms with van der Waals surface area (Å²) in [6.07, 6.45) is 2.21. The van der Waals surface area contributed by atoms with Gasteiger partial charge in [0.2, 0.25) is 17.5 Å². The Morgan fingerprint density at radius 2 is 2.03 bits per heavy atom. The van der Waals surface area contributed by atoms with Gasteiger partial charge in [-0.25, -0.2) is 0 Å². The molecule has 1 aliphatic heterocycles. The van der Waals surface area contributed by atoms with E-state index in [9.17, 15) is 5.26 Å². The van der Waals surface area contributed by atoms with Gasteiger partial charge in [-0.1, -0.05) is 29.8 Å². The molecule has 1 aliphatic rings. The smallest absolute Gasteiger partial charge is 0.232 e. The summed E-state index contributed by atoms with van der Waals surface area (Å²) in [5.41, 5.74) is 1.92. The van der Waals surface area contributed by atoms with Crippen LogP contribution in [0.4, 0.5) is 5.88 Å². The molecule has 1 unspecified atom stereocenters. The number of ether oxygens (including phenoxy) is 2. The summed E-state index contributed by atoms with van der Waals surface area (Å²) in [7, 11) is 0. The lowest BCUT2D eigenvalue weighted by molar-refractivity contribution is 0.120. The van der Waals surface area contributed by atoms with Crippen LogP contribution in [0.25, 0.3) is 11.5 Å². The zero-order valence-corrected chi connectivity index (χ0v) is 16.5. The first-order valence-electron chi connectivity index (χ1n) is 9.46. The molecular formula is C22H20ClN3O3. The van der Waals surface area contributed by atoms with Gasteiger partial charge in [-0.15, -0.1) is 0 Å². The van der Waals surface area contributed by atoms with Crippen LogP contribution in [0.3, 0.4) is 0 Å². The number of nitrogens with zero attached hydrogens (tertiary/aromatic N) is 2. The molecule has 1 saturated heterocycles. The Kier molecular flexibility index (Phi) is 5.99. The highest BCUT2D eigenvalue weighted by Crippen LogP contribution is 2.28. The topological polar surface area (TPSA) is 80.3 Å². The quantitative estimate of drug-likeness (QED) is 0.589. The largest absolute Gasteiger partial charge is 0.489 e. The Balaban J connectivity index is 1.41. The first kappa shape index (κ1) is 19.3. The Bertz CT molecular complexity index is 1000. The first-order valence-corrected chi connectivity index (χ1v) is 9.84. The van der Waals surface area contributed by atoms with Crippen molar-refractivity contribution in [1.29, 1.82) is 5.26 Å². The third kappa shape index (κ3) is 4.70. The van der Waals surface area contributed by atoms with Crippen molar-refractivity contribution in [3.05, 3.63) is 64.8 Å². The molecule has 1 aromatic heterocycles. The second-order valence-corrected chi connectivity index (χ2v) is 7.14. The number of anilines is 1. The van der Waals surface area contributed by atoms with Crippen LogP contribution >= 0.6 is 11.6 Å². The minimum atomic E-state index is 0.143. The van der Waals surface area contributed by atoms with Crippen molar-refractivity contribution < 1.29 is 13.9 Å². The lowest BCUT2D eigenvalue weighted by Gasteiger charge is -2.09. The van der Waals surface area contributed by atoms with E-state index in [4.69, 9.17) is 25.5 Å². The highest BCUT2D eigenvalue weighted by Gasteiger charge is 2.19. The predicted octanol–water partition coefficient (Wildman–Crippen LogP) is 5.04. The number of hydrogen-bond donors (Lipinski definition) is 1. The summed E-state index contributed by atoms with van der Waals surface area (Å²) in [4.78, 5) is 4.29. The molecule has 3 aromatic rings. The van der Waals surface area contributed by atoms with Crippen molar-refractivity contribution in [2.75, 3.05) is 18.5 Å². The van der Waals surface area contributed by atoms with Gasteiger partial charge in [-0.2, -0.15) is 10.2 Å². The molecular weight excluding hydrogens is 390 g/mol. The van der Waals surface area contributed by atoms with Crippen LogP contribution in [-0.2, 0) is 11.3 Å². The van der Waals surface area contributed by atoms with E-state index in [1.54, 1.807) is 0 Å². The molecule has 0 bridgehead atoms. The summed E-state index contributed by atoms with van der Waals surface area (Å²) < 4.78 is 17.2. The van der Waals surface area contributed by atoms with Crippen molar-refractivity contribution in [3.63, 3.8) is 0 Å². The number of aromatic nitrogens is 1. The molecule has 2 aromatic carbocycles. The average Bonchev–Trinajstić information content (AvgIpc) is 3.41. The van der Waals surface area contributed by atoms with E-state index < -0.39 is 0 Å². The number of nitriles is 1. The van der Waals surface area contributed by atoms with Crippen LogP contribution in [0.1, 0.15) is 24.1 Å². The standard InChI is InChI=1S/C22H20ClN3O3/c23-19-6-2-1-4-16(19)14-28-17-9-7-15(8-10-17)21-26-20(12-24)22(29-21)25-13-18-5-3-11-27-18/h1-2,4,6-10,18,25H,3,5,11,13-14H2. The molecule has 0 radical (unpaired) electrons. The minimum absolute atomic E-state index is 0.143. The maximum absolute atomic E-state index is 9.34. The van der Waals surface area contributed by atoms with Gasteiger partial charge in [0, 0.05) is 29.3 Å². The second kappa shape index (κ2) is 8.99. The van der Waals surface area contributed by atoms with Gasteiger partial charge in [-0.05, 0) is 43.2 Å². The highest BCUT2D eigenvalue weighted by molar-refractivity contribution is 6.31. The summed E-state index contributed by atoms with van der Waals surface area (Å²) in [6, 6.07) is 17.0. The van der Waals surface area contributed by atoms with E-state index >= 15 is 0 Å². The van der Waals surface area contributed by atoms with Crippen molar-refractivity contribution in [2.45, 2.75) is 25.6 Å². The zero-order chi connectivity index (χ0) is 20.1. The number of oxazole rings is 1. The molecule has 29 heavy (non-hydrogen) atoms. The third-order valence-corrected chi connectivity index (χ3v) is 5.07. The number of rotatable bonds is 7. The molecule has 1 fully saturated rings. The van der Waals surface area contributed by atoms with E-state index in [0.29, 0.717) is 35.7 Å². The predicted molar refractivity (Wildman–Crippen MR) is 110 cm³/mol. The molecule has 2 heterocycles. The van der Waals surface area contributed by atoms with Crippen LogP contribution in [0, 0.1) is 11.3 Å². The SMILES string of the molecule is N#Cc1nc(-c2ccc(OCc3ccccc3Cl)cc2)oc1NCC1CCCO1. The fourth-order valence-electron chi connectivity index (χ4n) is 3.12. The summed E-state index contributed by atoms with van der Waals surface area (Å²) in [6.45, 7) is 1.76. The monoisotopic (exact) mass is 409 g/mol. The molecule has 1 N–H and O–H groups in total. The molecule has 0 aliphatic carbocycles. The lowest BCUT2D eigenvalue weighted by Crippen LogP contribution is -2.18. The van der Waals surface area contributed by atoms with Crippen LogP contribution in [0.2, 0.25) is 5.02 Å². The number of halogens is 1. The van der Waals surface area contributed by atoms with Gasteiger partial charge in [-0.3, -0.25) is 0 Å². The Morgan fingerprint density at radius 3 is 2.76 bits per heavy atom. The van der Waals surface area contributed by atoms with Crippen molar-refractivity contribution >= 4 is 17.5 Å². The van der Waals surface area contributed by atoms with E-state index in [1.165, 1.54) is 0 Å². The third-order valence-electron chi connectivity index (χ3n) is 4.70. The number of benzene rings is 2. The van der Waals surface area contributed by atoms with Crippen molar-refractivity contribution in [2.24, 2.45) is 0 Å². The maximum atomic E-state index is 9.34. The average molecular weight is 410 g/mol. The highest BCUT2D eigenvalue weighted by atomic mass is 35.5. The van der Waals surface area contributed by atoms with Gasteiger partial charge in [0.25, 0.3) is 0 Å². The van der Waals surface area contributed by atoms with Crippen molar-refractivity contribution in [3.8, 4) is 23.3 Å². The summed E-state index contributed by atoms with van der Waals surface area (Å²) >= 11 is 6.15. The van der Waals surface area contributed by atoms with Gasteiger partial charge in [0.05, 0.1) is 6.10 Å². The maximum Gasteiger partial charge on any atom is 0.232 e. The zero-order valence-electron chi connectivity index (χ0n) is 15.7. The Labute approximate surface area is 174 Å². The van der Waals surface area contributed by atoms with Crippen LogP contribution in [-0.4, -0.2) is 24.2 Å². The summed E-state index contributed by atoms with van der Waals surface area (Å²) in [5, 5.41) is 13.2. The van der Waals surface area contributed by atoms with Gasteiger partial charge >= 0.3 is 0 Å². The first-order chi connectivity index (χ1) is 14.2. The Hall–Kier alpha value is -3.01. The molecule has 0 spiro atoms. The van der Waals surface area contributed by atoms with Crippen LogP contribution < -0.4 is 10.1 Å².